The minimum absolute atomic E-state index is 0.297. The lowest BCUT2D eigenvalue weighted by Crippen LogP contribution is -2.71. The normalized spacial score (nSPS) is 26.5. The number of nitrogens with zero attached hydrogens (tertiary/aromatic N) is 1. The molecule has 2 heterocycles. The van der Waals surface area contributed by atoms with Crippen LogP contribution in [0.3, 0.4) is 0 Å². The Hall–Kier alpha value is -2.06. The first-order valence-corrected chi connectivity index (χ1v) is 8.98. The number of nitrogens with one attached hydrogen (secondary N) is 1. The molecule has 3 atom stereocenters. The van der Waals surface area contributed by atoms with Gasteiger partial charge in [0.1, 0.15) is 5.92 Å². The molecular weight excluding hydrogens is 356 g/mol. The van der Waals surface area contributed by atoms with E-state index in [1.165, 1.54) is 0 Å². The predicted octanol–water partition coefficient (Wildman–Crippen LogP) is 1.86. The fraction of sp³-hybridized carbons (Fsp3) is 0.556. The molecule has 2 aliphatic rings. The van der Waals surface area contributed by atoms with Crippen molar-refractivity contribution in [1.82, 2.24) is 10.2 Å². The van der Waals surface area contributed by atoms with Gasteiger partial charge in [-0.05, 0) is 32.1 Å². The number of ether oxygens (including phenoxy) is 4. The van der Waals surface area contributed by atoms with Crippen molar-refractivity contribution in [3.05, 3.63) is 23.8 Å². The zero-order chi connectivity index (χ0) is 18.9. The Labute approximate surface area is 158 Å². The zero-order valence-electron chi connectivity index (χ0n) is 15.4. The number of thiocarbonyl (C=S) groups is 1. The Morgan fingerprint density at radius 3 is 2.85 bits per heavy atom. The number of carbonyl (C=O) groups excluding carboxylic acids is 1. The molecule has 2 bridgehead atoms. The van der Waals surface area contributed by atoms with Crippen LogP contribution in [0.5, 0.6) is 11.5 Å². The van der Waals surface area contributed by atoms with E-state index in [9.17, 15) is 4.79 Å². The highest BCUT2D eigenvalue weighted by molar-refractivity contribution is 7.80. The first-order chi connectivity index (χ1) is 12.5. The molecule has 0 amide bonds. The molecule has 1 fully saturated rings. The summed E-state index contributed by atoms with van der Waals surface area (Å²) in [6.07, 6.45) is 0. The molecule has 2 aliphatic heterocycles. The van der Waals surface area contributed by atoms with Crippen molar-refractivity contribution in [2.45, 2.75) is 25.6 Å². The summed E-state index contributed by atoms with van der Waals surface area (Å²) in [7, 11) is 3.21. The number of carbonyl (C=O) groups is 1. The van der Waals surface area contributed by atoms with E-state index < -0.39 is 11.6 Å². The molecule has 0 radical (unpaired) electrons. The summed E-state index contributed by atoms with van der Waals surface area (Å²) >= 11 is 5.56. The van der Waals surface area contributed by atoms with E-state index in [0.717, 1.165) is 5.56 Å². The van der Waals surface area contributed by atoms with Crippen molar-refractivity contribution in [2.24, 2.45) is 5.92 Å². The van der Waals surface area contributed by atoms with Crippen LogP contribution >= 0.6 is 12.2 Å². The lowest BCUT2D eigenvalue weighted by molar-refractivity contribution is -0.176. The van der Waals surface area contributed by atoms with Crippen LogP contribution in [0.1, 0.15) is 25.5 Å². The second kappa shape index (κ2) is 7.28. The number of benzene rings is 1. The number of fused-ring (bicyclic) bond motifs is 4. The van der Waals surface area contributed by atoms with Crippen LogP contribution in [0.15, 0.2) is 18.2 Å². The second-order valence-electron chi connectivity index (χ2n) is 6.34. The minimum Gasteiger partial charge on any atom is -0.493 e. The quantitative estimate of drug-likeness (QED) is 0.592. The van der Waals surface area contributed by atoms with Gasteiger partial charge in [0.15, 0.2) is 22.3 Å². The summed E-state index contributed by atoms with van der Waals surface area (Å²) in [5.74, 6) is 0.305. The topological polar surface area (TPSA) is 69.3 Å². The average Bonchev–Trinajstić information content (AvgIpc) is 2.60. The fourth-order valence-corrected chi connectivity index (χ4v) is 4.10. The highest BCUT2D eigenvalue weighted by Crippen LogP contribution is 2.51. The van der Waals surface area contributed by atoms with E-state index in [0.29, 0.717) is 36.4 Å². The standard InChI is InChI=1S/C18H24N2O5S/c1-5-24-16(21)13-14-11-7-6-8-12(23-4)15(11)25-18(13,2)20(9-10-22-3)17(26)19-14/h6-8,13-14H,5,9-10H2,1-4H3,(H,19,26). The molecule has 0 saturated carbocycles. The van der Waals surface area contributed by atoms with Crippen LogP contribution in [0, 0.1) is 5.92 Å². The Morgan fingerprint density at radius 2 is 2.19 bits per heavy atom. The first-order valence-electron chi connectivity index (χ1n) is 8.57. The van der Waals surface area contributed by atoms with Crippen molar-refractivity contribution < 1.29 is 23.7 Å². The van der Waals surface area contributed by atoms with Crippen LogP contribution in [0.2, 0.25) is 0 Å². The first kappa shape index (κ1) is 18.7. The van der Waals surface area contributed by atoms with Crippen LogP contribution in [0.4, 0.5) is 0 Å². The number of rotatable bonds is 6. The van der Waals surface area contributed by atoms with E-state index in [2.05, 4.69) is 5.32 Å². The molecule has 1 aromatic rings. The van der Waals surface area contributed by atoms with Gasteiger partial charge in [0, 0.05) is 19.2 Å². The average molecular weight is 380 g/mol. The molecule has 8 heteroatoms. The highest BCUT2D eigenvalue weighted by atomic mass is 32.1. The summed E-state index contributed by atoms with van der Waals surface area (Å²) < 4.78 is 22.4. The molecule has 3 unspecified atom stereocenters. The molecular formula is C18H24N2O5S. The van der Waals surface area contributed by atoms with E-state index >= 15 is 0 Å². The minimum atomic E-state index is -1.01. The van der Waals surface area contributed by atoms with Gasteiger partial charge in [-0.1, -0.05) is 12.1 Å². The van der Waals surface area contributed by atoms with Gasteiger partial charge in [-0.15, -0.1) is 0 Å². The monoisotopic (exact) mass is 380 g/mol. The molecule has 7 nitrogen and oxygen atoms in total. The Balaban J connectivity index is 2.12. The van der Waals surface area contributed by atoms with Crippen molar-refractivity contribution in [1.29, 1.82) is 0 Å². The van der Waals surface area contributed by atoms with Crippen molar-refractivity contribution in [3.63, 3.8) is 0 Å². The lowest BCUT2D eigenvalue weighted by Gasteiger charge is -2.55. The summed E-state index contributed by atoms with van der Waals surface area (Å²) in [6.45, 7) is 4.87. The van der Waals surface area contributed by atoms with Crippen LogP contribution < -0.4 is 14.8 Å². The van der Waals surface area contributed by atoms with E-state index in [-0.39, 0.29) is 12.0 Å². The Bertz CT molecular complexity index is 713. The van der Waals surface area contributed by atoms with Gasteiger partial charge in [0.25, 0.3) is 0 Å². The predicted molar refractivity (Wildman–Crippen MR) is 99.2 cm³/mol. The maximum absolute atomic E-state index is 12.8. The third kappa shape index (κ3) is 2.87. The van der Waals surface area contributed by atoms with Gasteiger partial charge in [0.05, 0.1) is 26.4 Å². The number of esters is 1. The van der Waals surface area contributed by atoms with Gasteiger partial charge in [-0.2, -0.15) is 0 Å². The fourth-order valence-electron chi connectivity index (χ4n) is 3.70. The van der Waals surface area contributed by atoms with Gasteiger partial charge in [-0.3, -0.25) is 4.79 Å². The molecule has 3 rings (SSSR count). The van der Waals surface area contributed by atoms with Crippen LogP contribution in [-0.2, 0) is 14.3 Å². The van der Waals surface area contributed by atoms with E-state index in [4.69, 9.17) is 31.2 Å². The number of hydrogen-bond donors (Lipinski definition) is 1. The summed E-state index contributed by atoms with van der Waals surface area (Å²) in [5, 5.41) is 3.81. The molecule has 0 aromatic heterocycles. The van der Waals surface area contributed by atoms with Gasteiger partial charge in [0.2, 0.25) is 0 Å². The SMILES string of the molecule is CCOC(=O)C1C2NC(=S)N(CCOC)C1(C)Oc1c(OC)cccc12. The van der Waals surface area contributed by atoms with Crippen molar-refractivity contribution in [2.75, 3.05) is 34.0 Å². The van der Waals surface area contributed by atoms with Gasteiger partial charge < -0.3 is 29.2 Å². The molecule has 1 N–H and O–H groups in total. The summed E-state index contributed by atoms with van der Waals surface area (Å²) in [6, 6.07) is 5.26. The summed E-state index contributed by atoms with van der Waals surface area (Å²) in [5.41, 5.74) is -0.187. The summed E-state index contributed by atoms with van der Waals surface area (Å²) in [4.78, 5) is 14.7. The van der Waals surface area contributed by atoms with Gasteiger partial charge >= 0.3 is 5.97 Å². The number of para-hydroxylation sites is 1. The molecule has 26 heavy (non-hydrogen) atoms. The van der Waals surface area contributed by atoms with E-state index in [1.807, 2.05) is 30.0 Å². The molecule has 0 aliphatic carbocycles. The van der Waals surface area contributed by atoms with Crippen molar-refractivity contribution in [3.8, 4) is 11.5 Å². The third-order valence-electron chi connectivity index (χ3n) is 4.90. The van der Waals surface area contributed by atoms with Crippen LogP contribution in [-0.4, -0.2) is 55.7 Å². The second-order valence-corrected chi connectivity index (χ2v) is 6.72. The maximum atomic E-state index is 12.8. The van der Waals surface area contributed by atoms with Crippen molar-refractivity contribution >= 4 is 23.3 Å². The third-order valence-corrected chi connectivity index (χ3v) is 5.24. The molecule has 142 valence electrons. The largest absolute Gasteiger partial charge is 0.493 e. The van der Waals surface area contributed by atoms with Gasteiger partial charge in [-0.25, -0.2) is 0 Å². The zero-order valence-corrected chi connectivity index (χ0v) is 16.2. The molecule has 0 spiro atoms. The lowest BCUT2D eigenvalue weighted by atomic mass is 9.79. The molecule has 1 saturated heterocycles. The number of hydrogen-bond acceptors (Lipinski definition) is 6. The van der Waals surface area contributed by atoms with Crippen LogP contribution in [0.25, 0.3) is 0 Å². The Kier molecular flexibility index (Phi) is 5.24. The Morgan fingerprint density at radius 1 is 1.42 bits per heavy atom. The molecule has 1 aromatic carbocycles. The number of methoxy groups -OCH3 is 2. The highest BCUT2D eigenvalue weighted by Gasteiger charge is 2.59. The smallest absolute Gasteiger partial charge is 0.317 e. The van der Waals surface area contributed by atoms with E-state index in [1.54, 1.807) is 21.1 Å². The maximum Gasteiger partial charge on any atom is 0.317 e.